The third-order valence-corrected chi connectivity index (χ3v) is 4.41. The fourth-order valence-electron chi connectivity index (χ4n) is 2.22. The second-order valence-electron chi connectivity index (χ2n) is 4.84. The van der Waals surface area contributed by atoms with Crippen molar-refractivity contribution in [2.75, 3.05) is 31.2 Å². The molecule has 1 fully saturated rings. The van der Waals surface area contributed by atoms with Crippen molar-refractivity contribution in [3.05, 3.63) is 46.2 Å². The highest BCUT2D eigenvalue weighted by molar-refractivity contribution is 7.11. The summed E-state index contributed by atoms with van der Waals surface area (Å²) in [5.74, 6) is 0. The molecule has 0 aliphatic carbocycles. The Morgan fingerprint density at radius 1 is 1.15 bits per heavy atom. The highest BCUT2D eigenvalue weighted by Gasteiger charge is 2.10. The van der Waals surface area contributed by atoms with Crippen LogP contribution in [0.25, 0.3) is 0 Å². The standard InChI is InChI=1S/C16H18N2OS/c1-13-6-11-20-16(13)12-17-14-2-4-15(5-3-14)18-7-9-19-10-8-18/h2-6,11-12H,7-10H2,1H3. The number of rotatable bonds is 3. The Morgan fingerprint density at radius 2 is 1.90 bits per heavy atom. The fourth-order valence-corrected chi connectivity index (χ4v) is 3.01. The minimum atomic E-state index is 0.817. The summed E-state index contributed by atoms with van der Waals surface area (Å²) >= 11 is 1.72. The molecule has 2 heterocycles. The van der Waals surface area contributed by atoms with Crippen LogP contribution in [0.5, 0.6) is 0 Å². The second kappa shape index (κ2) is 6.20. The summed E-state index contributed by atoms with van der Waals surface area (Å²) in [5, 5.41) is 2.10. The number of nitrogens with zero attached hydrogens (tertiary/aromatic N) is 2. The molecule has 1 aliphatic rings. The lowest BCUT2D eigenvalue weighted by molar-refractivity contribution is 0.122. The van der Waals surface area contributed by atoms with Gasteiger partial charge in [0, 0.05) is 29.9 Å². The first-order valence-corrected chi connectivity index (χ1v) is 7.72. The van der Waals surface area contributed by atoms with Crippen molar-refractivity contribution >= 4 is 28.9 Å². The molecule has 0 spiro atoms. The number of hydrogen-bond donors (Lipinski definition) is 0. The number of thiophene rings is 1. The van der Waals surface area contributed by atoms with Gasteiger partial charge < -0.3 is 9.64 Å². The highest BCUT2D eigenvalue weighted by Crippen LogP contribution is 2.21. The van der Waals surface area contributed by atoms with E-state index in [1.165, 1.54) is 16.1 Å². The van der Waals surface area contributed by atoms with Crippen molar-refractivity contribution in [2.24, 2.45) is 4.99 Å². The quantitative estimate of drug-likeness (QED) is 0.805. The number of hydrogen-bond acceptors (Lipinski definition) is 4. The first-order chi connectivity index (χ1) is 9.83. The monoisotopic (exact) mass is 286 g/mol. The number of anilines is 1. The van der Waals surface area contributed by atoms with Crippen molar-refractivity contribution in [3.8, 4) is 0 Å². The molecule has 1 aromatic carbocycles. The summed E-state index contributed by atoms with van der Waals surface area (Å²) in [6, 6.07) is 10.5. The summed E-state index contributed by atoms with van der Waals surface area (Å²) in [6.45, 7) is 5.68. The van der Waals surface area contributed by atoms with E-state index in [1.807, 2.05) is 6.21 Å². The SMILES string of the molecule is Cc1ccsc1C=Nc1ccc(N2CCOCC2)cc1. The number of aliphatic imine (C=N–C) groups is 1. The summed E-state index contributed by atoms with van der Waals surface area (Å²) in [4.78, 5) is 8.11. The van der Waals surface area contributed by atoms with Gasteiger partial charge in [0.1, 0.15) is 0 Å². The minimum Gasteiger partial charge on any atom is -0.378 e. The van der Waals surface area contributed by atoms with Crippen LogP contribution in [-0.2, 0) is 4.74 Å². The van der Waals surface area contributed by atoms with Gasteiger partial charge in [-0.2, -0.15) is 0 Å². The number of benzene rings is 1. The number of aryl methyl sites for hydroxylation is 1. The maximum atomic E-state index is 5.37. The molecule has 4 heteroatoms. The van der Waals surface area contributed by atoms with Crippen molar-refractivity contribution in [3.63, 3.8) is 0 Å². The topological polar surface area (TPSA) is 24.8 Å². The van der Waals surface area contributed by atoms with Gasteiger partial charge in [0.15, 0.2) is 0 Å². The van der Waals surface area contributed by atoms with Crippen molar-refractivity contribution in [2.45, 2.75) is 6.92 Å². The Bertz CT molecular complexity index is 583. The van der Waals surface area contributed by atoms with Crippen LogP contribution >= 0.6 is 11.3 Å². The molecule has 20 heavy (non-hydrogen) atoms. The molecule has 3 rings (SSSR count). The summed E-state index contributed by atoms with van der Waals surface area (Å²) < 4.78 is 5.37. The van der Waals surface area contributed by atoms with Gasteiger partial charge in [0.2, 0.25) is 0 Å². The molecule has 0 amide bonds. The lowest BCUT2D eigenvalue weighted by atomic mass is 10.2. The average molecular weight is 286 g/mol. The zero-order valence-electron chi connectivity index (χ0n) is 11.6. The minimum absolute atomic E-state index is 0.817. The van der Waals surface area contributed by atoms with Crippen molar-refractivity contribution in [1.82, 2.24) is 0 Å². The van der Waals surface area contributed by atoms with E-state index in [4.69, 9.17) is 4.74 Å². The summed E-state index contributed by atoms with van der Waals surface area (Å²) in [7, 11) is 0. The van der Waals surface area contributed by atoms with Crippen LogP contribution in [0.4, 0.5) is 11.4 Å². The van der Waals surface area contributed by atoms with Gasteiger partial charge in [-0.15, -0.1) is 11.3 Å². The van der Waals surface area contributed by atoms with E-state index in [1.54, 1.807) is 11.3 Å². The molecule has 1 saturated heterocycles. The van der Waals surface area contributed by atoms with Crippen LogP contribution in [0.1, 0.15) is 10.4 Å². The van der Waals surface area contributed by atoms with Gasteiger partial charge in [-0.25, -0.2) is 0 Å². The smallest absolute Gasteiger partial charge is 0.0642 e. The van der Waals surface area contributed by atoms with Crippen LogP contribution in [0.3, 0.4) is 0 Å². The van der Waals surface area contributed by atoms with E-state index in [9.17, 15) is 0 Å². The largest absolute Gasteiger partial charge is 0.378 e. The molecule has 0 saturated carbocycles. The van der Waals surface area contributed by atoms with E-state index < -0.39 is 0 Å². The second-order valence-corrected chi connectivity index (χ2v) is 5.79. The summed E-state index contributed by atoms with van der Waals surface area (Å²) in [6.07, 6.45) is 1.95. The first-order valence-electron chi connectivity index (χ1n) is 6.84. The van der Waals surface area contributed by atoms with Crippen molar-refractivity contribution in [1.29, 1.82) is 0 Å². The van der Waals surface area contributed by atoms with Gasteiger partial charge in [-0.3, -0.25) is 4.99 Å². The van der Waals surface area contributed by atoms with Crippen LogP contribution < -0.4 is 4.90 Å². The lowest BCUT2D eigenvalue weighted by Crippen LogP contribution is -2.36. The maximum Gasteiger partial charge on any atom is 0.0642 e. The van der Waals surface area contributed by atoms with Crippen LogP contribution in [0.15, 0.2) is 40.7 Å². The first kappa shape index (κ1) is 13.3. The van der Waals surface area contributed by atoms with Gasteiger partial charge in [-0.05, 0) is 48.2 Å². The molecule has 0 radical (unpaired) electrons. The highest BCUT2D eigenvalue weighted by atomic mass is 32.1. The van der Waals surface area contributed by atoms with Gasteiger partial charge in [0.05, 0.1) is 18.9 Å². The predicted molar refractivity (Wildman–Crippen MR) is 85.8 cm³/mol. The Hall–Kier alpha value is -1.65. The Kier molecular flexibility index (Phi) is 4.14. The predicted octanol–water partition coefficient (Wildman–Crippen LogP) is 3.64. The van der Waals surface area contributed by atoms with E-state index in [2.05, 4.69) is 52.5 Å². The van der Waals surface area contributed by atoms with E-state index in [0.29, 0.717) is 0 Å². The molecule has 3 nitrogen and oxygen atoms in total. The molecule has 0 atom stereocenters. The van der Waals surface area contributed by atoms with E-state index >= 15 is 0 Å². The number of ether oxygens (including phenoxy) is 1. The Balaban J connectivity index is 1.69. The molecule has 2 aromatic rings. The van der Waals surface area contributed by atoms with Crippen LogP contribution in [-0.4, -0.2) is 32.5 Å². The van der Waals surface area contributed by atoms with Crippen LogP contribution in [0.2, 0.25) is 0 Å². The Labute approximate surface area is 123 Å². The molecule has 104 valence electrons. The number of morpholine rings is 1. The molecule has 0 N–H and O–H groups in total. The zero-order valence-corrected chi connectivity index (χ0v) is 12.4. The van der Waals surface area contributed by atoms with Gasteiger partial charge >= 0.3 is 0 Å². The molecular formula is C16H18N2OS. The third-order valence-electron chi connectivity index (χ3n) is 3.46. The molecule has 1 aromatic heterocycles. The Morgan fingerprint density at radius 3 is 2.55 bits per heavy atom. The molecule has 1 aliphatic heterocycles. The normalized spacial score (nSPS) is 15.9. The van der Waals surface area contributed by atoms with E-state index in [0.717, 1.165) is 32.0 Å². The zero-order chi connectivity index (χ0) is 13.8. The average Bonchev–Trinajstić information content (AvgIpc) is 2.92. The van der Waals surface area contributed by atoms with Crippen molar-refractivity contribution < 1.29 is 4.74 Å². The van der Waals surface area contributed by atoms with Gasteiger partial charge in [0.25, 0.3) is 0 Å². The van der Waals surface area contributed by atoms with E-state index in [-0.39, 0.29) is 0 Å². The lowest BCUT2D eigenvalue weighted by Gasteiger charge is -2.28. The maximum absolute atomic E-state index is 5.37. The fraction of sp³-hybridized carbons (Fsp3) is 0.312. The molecule has 0 bridgehead atoms. The van der Waals surface area contributed by atoms with Crippen LogP contribution in [0, 0.1) is 6.92 Å². The summed E-state index contributed by atoms with van der Waals surface area (Å²) in [5.41, 5.74) is 3.53. The van der Waals surface area contributed by atoms with Gasteiger partial charge in [-0.1, -0.05) is 0 Å². The molecule has 0 unspecified atom stereocenters. The third kappa shape index (κ3) is 3.08. The molecular weight excluding hydrogens is 268 g/mol.